The molecule has 3 aromatic rings. The van der Waals surface area contributed by atoms with Gasteiger partial charge < -0.3 is 15.0 Å². The van der Waals surface area contributed by atoms with Crippen LogP contribution in [0.25, 0.3) is 10.8 Å². The number of amides is 2. The van der Waals surface area contributed by atoms with Crippen LogP contribution in [0.1, 0.15) is 21.6 Å². The maximum atomic E-state index is 12.6. The maximum absolute atomic E-state index is 12.6. The lowest BCUT2D eigenvalue weighted by molar-refractivity contribution is -0.136. The van der Waals surface area contributed by atoms with Gasteiger partial charge in [0, 0.05) is 37.3 Å². The van der Waals surface area contributed by atoms with Crippen LogP contribution in [0.2, 0.25) is 0 Å². The number of benzene rings is 2. The average molecular weight is 478 g/mol. The van der Waals surface area contributed by atoms with Crippen LogP contribution >= 0.6 is 0 Å². The molecule has 0 aliphatic carbocycles. The third kappa shape index (κ3) is 5.55. The smallest absolute Gasteiger partial charge is 0.359 e. The number of aromatic amines is 1. The van der Waals surface area contributed by atoms with Gasteiger partial charge in [-0.1, -0.05) is 36.4 Å². The van der Waals surface area contributed by atoms with E-state index in [4.69, 9.17) is 4.74 Å². The van der Waals surface area contributed by atoms with Gasteiger partial charge in [-0.15, -0.1) is 0 Å². The molecule has 0 bridgehead atoms. The SMILES string of the molecule is Cc1cccc(C)c1NC(=O)CN1CCN(C(=O)COC(=O)c2n[nH]c(=O)c3ccccc23)CC1. The van der Waals surface area contributed by atoms with E-state index in [1.54, 1.807) is 29.2 Å². The van der Waals surface area contributed by atoms with Gasteiger partial charge in [0.15, 0.2) is 12.3 Å². The molecule has 2 N–H and O–H groups in total. The van der Waals surface area contributed by atoms with E-state index in [1.807, 2.05) is 36.9 Å². The summed E-state index contributed by atoms with van der Waals surface area (Å²) in [7, 11) is 0. The van der Waals surface area contributed by atoms with Crippen molar-refractivity contribution >= 4 is 34.2 Å². The summed E-state index contributed by atoms with van der Waals surface area (Å²) in [6.07, 6.45) is 0. The first-order valence-corrected chi connectivity index (χ1v) is 11.3. The summed E-state index contributed by atoms with van der Waals surface area (Å²) < 4.78 is 5.18. The summed E-state index contributed by atoms with van der Waals surface area (Å²) in [4.78, 5) is 53.0. The van der Waals surface area contributed by atoms with Crippen molar-refractivity contribution in [1.29, 1.82) is 0 Å². The average Bonchev–Trinajstić information content (AvgIpc) is 2.85. The zero-order valence-corrected chi connectivity index (χ0v) is 19.7. The molecule has 1 saturated heterocycles. The van der Waals surface area contributed by atoms with Crippen LogP contribution in [0.15, 0.2) is 47.3 Å². The van der Waals surface area contributed by atoms with Gasteiger partial charge in [-0.05, 0) is 31.0 Å². The number of hydrogen-bond donors (Lipinski definition) is 2. The molecule has 2 heterocycles. The van der Waals surface area contributed by atoms with Crippen molar-refractivity contribution in [1.82, 2.24) is 20.0 Å². The van der Waals surface area contributed by atoms with Gasteiger partial charge in [-0.3, -0.25) is 19.3 Å². The van der Waals surface area contributed by atoms with E-state index in [-0.39, 0.29) is 24.1 Å². The Morgan fingerprint density at radius 3 is 2.31 bits per heavy atom. The Morgan fingerprint density at radius 1 is 0.971 bits per heavy atom. The van der Waals surface area contributed by atoms with Gasteiger partial charge in [0.05, 0.1) is 11.9 Å². The number of nitrogens with one attached hydrogen (secondary N) is 2. The summed E-state index contributed by atoms with van der Waals surface area (Å²) >= 11 is 0. The molecule has 0 spiro atoms. The van der Waals surface area contributed by atoms with E-state index < -0.39 is 18.1 Å². The van der Waals surface area contributed by atoms with Crippen LogP contribution in [-0.4, -0.2) is 77.1 Å². The Morgan fingerprint density at radius 2 is 1.63 bits per heavy atom. The Hall–Kier alpha value is -4.05. The summed E-state index contributed by atoms with van der Waals surface area (Å²) in [5.74, 6) is -1.21. The number of fused-ring (bicyclic) bond motifs is 1. The number of nitrogens with zero attached hydrogens (tertiary/aromatic N) is 3. The highest BCUT2D eigenvalue weighted by Gasteiger charge is 2.24. The van der Waals surface area contributed by atoms with Crippen LogP contribution in [0.4, 0.5) is 5.69 Å². The number of esters is 1. The minimum absolute atomic E-state index is 0.0484. The molecule has 1 fully saturated rings. The van der Waals surface area contributed by atoms with Crippen LogP contribution < -0.4 is 10.9 Å². The van der Waals surface area contributed by atoms with Crippen LogP contribution in [-0.2, 0) is 14.3 Å². The first kappa shape index (κ1) is 24.1. The predicted molar refractivity (Wildman–Crippen MR) is 130 cm³/mol. The van der Waals surface area contributed by atoms with E-state index in [0.717, 1.165) is 16.8 Å². The topological polar surface area (TPSA) is 125 Å². The fourth-order valence-electron chi connectivity index (χ4n) is 4.11. The maximum Gasteiger partial charge on any atom is 0.359 e. The number of ether oxygens (including phenoxy) is 1. The van der Waals surface area contributed by atoms with Crippen LogP contribution in [0.3, 0.4) is 0 Å². The quantitative estimate of drug-likeness (QED) is 0.515. The zero-order chi connectivity index (χ0) is 24.9. The molecule has 10 nitrogen and oxygen atoms in total. The Labute approximate surface area is 201 Å². The first-order chi connectivity index (χ1) is 16.8. The highest BCUT2D eigenvalue weighted by molar-refractivity contribution is 6.02. The monoisotopic (exact) mass is 477 g/mol. The fraction of sp³-hybridized carbons (Fsp3) is 0.320. The molecule has 1 aliphatic rings. The van der Waals surface area contributed by atoms with E-state index in [0.29, 0.717) is 37.0 Å². The number of H-pyrrole nitrogens is 1. The number of hydrogen-bond acceptors (Lipinski definition) is 7. The molecule has 2 aromatic carbocycles. The van der Waals surface area contributed by atoms with E-state index in [1.165, 1.54) is 0 Å². The van der Waals surface area contributed by atoms with Crippen LogP contribution in [0.5, 0.6) is 0 Å². The molecule has 0 atom stereocenters. The number of anilines is 1. The fourth-order valence-corrected chi connectivity index (χ4v) is 4.11. The number of aromatic nitrogens is 2. The van der Waals surface area contributed by atoms with Crippen molar-refractivity contribution in [3.05, 3.63) is 69.6 Å². The second kappa shape index (κ2) is 10.5. The van der Waals surface area contributed by atoms with Crippen molar-refractivity contribution in [2.45, 2.75) is 13.8 Å². The second-order valence-corrected chi connectivity index (χ2v) is 8.49. The number of rotatable bonds is 6. The molecule has 0 saturated carbocycles. The Kier molecular flexibility index (Phi) is 7.21. The summed E-state index contributed by atoms with van der Waals surface area (Å²) in [5, 5.41) is 9.73. The third-order valence-corrected chi connectivity index (χ3v) is 6.05. The number of carbonyl (C=O) groups excluding carboxylic acids is 3. The highest BCUT2D eigenvalue weighted by atomic mass is 16.5. The number of piperazine rings is 1. The Balaban J connectivity index is 1.26. The minimum atomic E-state index is -0.785. The second-order valence-electron chi connectivity index (χ2n) is 8.49. The summed E-state index contributed by atoms with van der Waals surface area (Å²) in [6.45, 7) is 5.62. The van der Waals surface area contributed by atoms with Crippen LogP contribution in [0, 0.1) is 13.8 Å². The zero-order valence-electron chi connectivity index (χ0n) is 19.7. The van der Waals surface area contributed by atoms with Crippen molar-refractivity contribution in [3.8, 4) is 0 Å². The van der Waals surface area contributed by atoms with Crippen molar-refractivity contribution in [3.63, 3.8) is 0 Å². The van der Waals surface area contributed by atoms with Gasteiger partial charge in [-0.25, -0.2) is 9.89 Å². The van der Waals surface area contributed by atoms with E-state index in [2.05, 4.69) is 15.5 Å². The number of para-hydroxylation sites is 1. The lowest BCUT2D eigenvalue weighted by Gasteiger charge is -2.34. The van der Waals surface area contributed by atoms with Gasteiger partial charge in [0.25, 0.3) is 11.5 Å². The van der Waals surface area contributed by atoms with Gasteiger partial charge >= 0.3 is 5.97 Å². The van der Waals surface area contributed by atoms with Gasteiger partial charge in [0.1, 0.15) is 0 Å². The number of carbonyl (C=O) groups is 3. The lowest BCUT2D eigenvalue weighted by atomic mass is 10.1. The normalized spacial score (nSPS) is 14.1. The molecular weight excluding hydrogens is 450 g/mol. The molecule has 4 rings (SSSR count). The molecular formula is C25H27N5O5. The predicted octanol–water partition coefficient (Wildman–Crippen LogP) is 1.48. The standard InChI is InChI=1S/C25H27N5O5/c1-16-6-5-7-17(2)22(16)26-20(31)14-29-10-12-30(13-11-29)21(32)15-35-25(34)23-18-8-3-4-9-19(18)24(33)28-27-23/h3-9H,10-15H2,1-2H3,(H,26,31)(H,28,33). The Bertz CT molecular complexity index is 1310. The van der Waals surface area contributed by atoms with Gasteiger partial charge in [0.2, 0.25) is 5.91 Å². The van der Waals surface area contributed by atoms with Crippen molar-refractivity contribution < 1.29 is 19.1 Å². The summed E-state index contributed by atoms with van der Waals surface area (Å²) in [5.41, 5.74) is 2.39. The third-order valence-electron chi connectivity index (χ3n) is 6.05. The molecule has 2 amide bonds. The molecule has 1 aliphatic heterocycles. The summed E-state index contributed by atoms with van der Waals surface area (Å²) in [6, 6.07) is 12.4. The molecule has 0 radical (unpaired) electrons. The van der Waals surface area contributed by atoms with Crippen molar-refractivity contribution in [2.75, 3.05) is 44.6 Å². The molecule has 1 aromatic heterocycles. The first-order valence-electron chi connectivity index (χ1n) is 11.3. The van der Waals surface area contributed by atoms with Crippen molar-refractivity contribution in [2.24, 2.45) is 0 Å². The molecule has 0 unspecified atom stereocenters. The van der Waals surface area contributed by atoms with Gasteiger partial charge in [-0.2, -0.15) is 5.10 Å². The van der Waals surface area contributed by atoms with E-state index >= 15 is 0 Å². The minimum Gasteiger partial charge on any atom is -0.451 e. The largest absolute Gasteiger partial charge is 0.451 e. The number of aryl methyl sites for hydroxylation is 2. The highest BCUT2D eigenvalue weighted by Crippen LogP contribution is 2.19. The molecule has 35 heavy (non-hydrogen) atoms. The van der Waals surface area contributed by atoms with E-state index in [9.17, 15) is 19.2 Å². The lowest BCUT2D eigenvalue weighted by Crippen LogP contribution is -2.51. The molecule has 182 valence electrons. The molecule has 10 heteroatoms.